The van der Waals surface area contributed by atoms with Crippen molar-refractivity contribution in [1.82, 2.24) is 4.98 Å². The zero-order chi connectivity index (χ0) is 12.1. The fourth-order valence-corrected chi connectivity index (χ4v) is 1.70. The molecule has 0 radical (unpaired) electrons. The molecule has 1 fully saturated rings. The van der Waals surface area contributed by atoms with Crippen LogP contribution in [0.15, 0.2) is 18.5 Å². The summed E-state index contributed by atoms with van der Waals surface area (Å²) < 4.78 is 15.6. The van der Waals surface area contributed by atoms with Gasteiger partial charge in [0.25, 0.3) is 0 Å². The molecule has 17 heavy (non-hydrogen) atoms. The summed E-state index contributed by atoms with van der Waals surface area (Å²) in [5.41, 5.74) is 0.400. The highest BCUT2D eigenvalue weighted by Gasteiger charge is 2.16. The molecule has 1 saturated heterocycles. The van der Waals surface area contributed by atoms with Crippen molar-refractivity contribution in [3.8, 4) is 5.75 Å². The lowest BCUT2D eigenvalue weighted by atomic mass is 10.1. The molecule has 0 N–H and O–H groups in total. The highest BCUT2D eigenvalue weighted by atomic mass is 16.5. The number of rotatable bonds is 3. The van der Waals surface area contributed by atoms with Crippen LogP contribution in [0.2, 0.25) is 0 Å². The van der Waals surface area contributed by atoms with Crippen molar-refractivity contribution in [1.29, 1.82) is 0 Å². The summed E-state index contributed by atoms with van der Waals surface area (Å²) in [5, 5.41) is 0. The van der Waals surface area contributed by atoms with Gasteiger partial charge in [0.2, 0.25) is 0 Å². The first kappa shape index (κ1) is 11.9. The number of esters is 1. The van der Waals surface area contributed by atoms with Crippen LogP contribution in [-0.2, 0) is 9.47 Å². The van der Waals surface area contributed by atoms with Crippen LogP contribution in [0, 0.1) is 0 Å². The zero-order valence-corrected chi connectivity index (χ0v) is 9.72. The molecule has 2 heterocycles. The van der Waals surface area contributed by atoms with Crippen molar-refractivity contribution in [2.75, 3.05) is 20.3 Å². The fourth-order valence-electron chi connectivity index (χ4n) is 1.70. The summed E-state index contributed by atoms with van der Waals surface area (Å²) in [6, 6.07) is 1.65. The molecule has 92 valence electrons. The van der Waals surface area contributed by atoms with Gasteiger partial charge >= 0.3 is 5.97 Å². The number of aromatic nitrogens is 1. The summed E-state index contributed by atoms with van der Waals surface area (Å²) in [7, 11) is 1.34. The summed E-state index contributed by atoms with van der Waals surface area (Å²) >= 11 is 0. The molecule has 1 aromatic heterocycles. The lowest BCUT2D eigenvalue weighted by molar-refractivity contribution is 0.0253. The number of ether oxygens (including phenoxy) is 3. The van der Waals surface area contributed by atoms with E-state index in [9.17, 15) is 4.79 Å². The molecule has 0 spiro atoms. The van der Waals surface area contributed by atoms with E-state index in [2.05, 4.69) is 9.72 Å². The maximum atomic E-state index is 11.3. The van der Waals surface area contributed by atoms with E-state index in [-0.39, 0.29) is 6.10 Å². The molecular formula is C12H15NO4. The third-order valence-electron chi connectivity index (χ3n) is 2.61. The van der Waals surface area contributed by atoms with Gasteiger partial charge in [-0.1, -0.05) is 0 Å². The molecule has 5 nitrogen and oxygen atoms in total. The Morgan fingerprint density at radius 2 is 2.18 bits per heavy atom. The number of hydrogen-bond acceptors (Lipinski definition) is 5. The molecule has 0 aliphatic carbocycles. The van der Waals surface area contributed by atoms with Crippen LogP contribution in [0.3, 0.4) is 0 Å². The van der Waals surface area contributed by atoms with E-state index in [1.54, 1.807) is 12.3 Å². The SMILES string of the molecule is COC(=O)c1cncc(OC2CCOCC2)c1. The van der Waals surface area contributed by atoms with Crippen molar-refractivity contribution in [2.24, 2.45) is 0 Å². The van der Waals surface area contributed by atoms with Gasteiger partial charge in [0.1, 0.15) is 11.9 Å². The molecule has 1 aliphatic rings. The molecule has 2 rings (SSSR count). The molecule has 0 unspecified atom stereocenters. The average molecular weight is 237 g/mol. The number of hydrogen-bond donors (Lipinski definition) is 0. The van der Waals surface area contributed by atoms with E-state index < -0.39 is 5.97 Å². The molecule has 0 bridgehead atoms. The van der Waals surface area contributed by atoms with Crippen LogP contribution < -0.4 is 4.74 Å². The first-order valence-electron chi connectivity index (χ1n) is 5.57. The Balaban J connectivity index is 2.02. The number of methoxy groups -OCH3 is 1. The van der Waals surface area contributed by atoms with Crippen LogP contribution in [0.1, 0.15) is 23.2 Å². The molecule has 0 saturated carbocycles. The van der Waals surface area contributed by atoms with Crippen LogP contribution >= 0.6 is 0 Å². The second kappa shape index (κ2) is 5.63. The van der Waals surface area contributed by atoms with Gasteiger partial charge in [-0.05, 0) is 6.07 Å². The minimum Gasteiger partial charge on any atom is -0.489 e. The van der Waals surface area contributed by atoms with Crippen LogP contribution in [0.4, 0.5) is 0 Å². The second-order valence-corrected chi connectivity index (χ2v) is 3.83. The maximum absolute atomic E-state index is 11.3. The molecule has 0 atom stereocenters. The van der Waals surface area contributed by atoms with Crippen molar-refractivity contribution >= 4 is 5.97 Å². The van der Waals surface area contributed by atoms with Gasteiger partial charge < -0.3 is 14.2 Å². The van der Waals surface area contributed by atoms with Crippen molar-refractivity contribution in [2.45, 2.75) is 18.9 Å². The molecule has 1 aromatic rings. The highest BCUT2D eigenvalue weighted by Crippen LogP contribution is 2.18. The molecule has 0 amide bonds. The van der Waals surface area contributed by atoms with E-state index >= 15 is 0 Å². The zero-order valence-electron chi connectivity index (χ0n) is 9.72. The number of pyridine rings is 1. The van der Waals surface area contributed by atoms with Gasteiger partial charge in [0.05, 0.1) is 32.1 Å². The first-order chi connectivity index (χ1) is 8.29. The molecule has 5 heteroatoms. The lowest BCUT2D eigenvalue weighted by Gasteiger charge is -2.23. The maximum Gasteiger partial charge on any atom is 0.339 e. The Morgan fingerprint density at radius 3 is 2.88 bits per heavy atom. The van der Waals surface area contributed by atoms with Crippen LogP contribution in [0.25, 0.3) is 0 Å². The van der Waals surface area contributed by atoms with Gasteiger partial charge in [-0.25, -0.2) is 4.79 Å². The van der Waals surface area contributed by atoms with Crippen molar-refractivity contribution in [3.05, 3.63) is 24.0 Å². The Morgan fingerprint density at radius 1 is 1.41 bits per heavy atom. The van der Waals surface area contributed by atoms with Crippen LogP contribution in [0.5, 0.6) is 5.75 Å². The van der Waals surface area contributed by atoms with Crippen LogP contribution in [-0.4, -0.2) is 37.4 Å². The summed E-state index contributed by atoms with van der Waals surface area (Å²) in [5.74, 6) is 0.190. The predicted octanol–water partition coefficient (Wildman–Crippen LogP) is 1.43. The fraction of sp³-hybridized carbons (Fsp3) is 0.500. The van der Waals surface area contributed by atoms with Gasteiger partial charge in [-0.3, -0.25) is 4.98 Å². The van der Waals surface area contributed by atoms with E-state index in [4.69, 9.17) is 9.47 Å². The molecule has 0 aromatic carbocycles. The largest absolute Gasteiger partial charge is 0.489 e. The van der Waals surface area contributed by atoms with Gasteiger partial charge in [0, 0.05) is 19.0 Å². The minimum atomic E-state index is -0.407. The summed E-state index contributed by atoms with van der Waals surface area (Å²) in [4.78, 5) is 15.3. The predicted molar refractivity (Wildman–Crippen MR) is 60.0 cm³/mol. The minimum absolute atomic E-state index is 0.137. The van der Waals surface area contributed by atoms with E-state index in [0.717, 1.165) is 26.1 Å². The third-order valence-corrected chi connectivity index (χ3v) is 2.61. The summed E-state index contributed by atoms with van der Waals surface area (Å²) in [6.07, 6.45) is 4.92. The summed E-state index contributed by atoms with van der Waals surface area (Å²) in [6.45, 7) is 1.43. The second-order valence-electron chi connectivity index (χ2n) is 3.83. The number of carbonyl (C=O) groups is 1. The van der Waals surface area contributed by atoms with Gasteiger partial charge in [-0.15, -0.1) is 0 Å². The Bertz CT molecular complexity index is 388. The van der Waals surface area contributed by atoms with Crippen molar-refractivity contribution in [3.63, 3.8) is 0 Å². The Kier molecular flexibility index (Phi) is 3.93. The van der Waals surface area contributed by atoms with Gasteiger partial charge in [0.15, 0.2) is 0 Å². The Hall–Kier alpha value is -1.62. The first-order valence-corrected chi connectivity index (χ1v) is 5.57. The van der Waals surface area contributed by atoms with Crippen molar-refractivity contribution < 1.29 is 19.0 Å². The third kappa shape index (κ3) is 3.17. The molecular weight excluding hydrogens is 222 g/mol. The topological polar surface area (TPSA) is 57.7 Å². The number of carbonyl (C=O) groups excluding carboxylic acids is 1. The molecule has 1 aliphatic heterocycles. The highest BCUT2D eigenvalue weighted by molar-refractivity contribution is 5.89. The smallest absolute Gasteiger partial charge is 0.339 e. The monoisotopic (exact) mass is 237 g/mol. The van der Waals surface area contributed by atoms with Gasteiger partial charge in [-0.2, -0.15) is 0 Å². The van der Waals surface area contributed by atoms with E-state index in [1.165, 1.54) is 13.3 Å². The number of nitrogens with zero attached hydrogens (tertiary/aromatic N) is 1. The quantitative estimate of drug-likeness (QED) is 0.744. The van der Waals surface area contributed by atoms with E-state index in [0.29, 0.717) is 11.3 Å². The standard InChI is InChI=1S/C12H15NO4/c1-15-12(14)9-6-11(8-13-7-9)17-10-2-4-16-5-3-10/h6-8,10H,2-5H2,1H3. The average Bonchev–Trinajstić information content (AvgIpc) is 2.39. The Labute approximate surface area is 99.7 Å². The van der Waals surface area contributed by atoms with E-state index in [1.807, 2.05) is 0 Å². The normalized spacial score (nSPS) is 16.5. The lowest BCUT2D eigenvalue weighted by Crippen LogP contribution is -2.26.